The van der Waals surface area contributed by atoms with Crippen molar-refractivity contribution in [1.82, 2.24) is 14.8 Å². The zero-order valence-corrected chi connectivity index (χ0v) is 18.5. The number of ether oxygens (including phenoxy) is 1. The molecule has 1 heterocycles. The number of halogens is 2. The molecule has 8 heteroatoms. The summed E-state index contributed by atoms with van der Waals surface area (Å²) in [5.41, 5.74) is 2.73. The predicted octanol–water partition coefficient (Wildman–Crippen LogP) is 5.18. The molecule has 0 N–H and O–H groups in total. The van der Waals surface area contributed by atoms with Crippen molar-refractivity contribution in [1.29, 1.82) is 0 Å². The summed E-state index contributed by atoms with van der Waals surface area (Å²) in [7, 11) is 0. The lowest BCUT2D eigenvalue weighted by Gasteiger charge is -2.06. The SMILES string of the molecule is Cc1ccc(-c2nc(C(=O)OCC(=O)c3ccc(Br)cc3)nn2-c2ccc(F)cc2)cc1. The molecular weight excluding hydrogens is 477 g/mol. The molecule has 0 unspecified atom stereocenters. The molecule has 160 valence electrons. The molecule has 6 nitrogen and oxygen atoms in total. The van der Waals surface area contributed by atoms with Gasteiger partial charge in [-0.25, -0.2) is 18.9 Å². The number of carbonyl (C=O) groups is 2. The monoisotopic (exact) mass is 493 g/mol. The van der Waals surface area contributed by atoms with Crippen LogP contribution < -0.4 is 0 Å². The number of benzene rings is 3. The van der Waals surface area contributed by atoms with Crippen molar-refractivity contribution in [3.8, 4) is 17.1 Å². The lowest BCUT2D eigenvalue weighted by atomic mass is 10.1. The van der Waals surface area contributed by atoms with E-state index in [0.29, 0.717) is 17.1 Å². The molecule has 0 amide bonds. The number of aryl methyl sites for hydroxylation is 1. The van der Waals surface area contributed by atoms with Crippen molar-refractivity contribution in [3.63, 3.8) is 0 Å². The van der Waals surface area contributed by atoms with Crippen LogP contribution in [0.3, 0.4) is 0 Å². The number of rotatable bonds is 6. The number of Topliss-reactive ketones (excluding diaryl/α,β-unsaturated/α-hetero) is 1. The Labute approximate surface area is 191 Å². The predicted molar refractivity (Wildman–Crippen MR) is 120 cm³/mol. The molecule has 4 aromatic rings. The first-order valence-electron chi connectivity index (χ1n) is 9.66. The van der Waals surface area contributed by atoms with Crippen molar-refractivity contribution in [2.75, 3.05) is 6.61 Å². The molecule has 0 aliphatic carbocycles. The van der Waals surface area contributed by atoms with Gasteiger partial charge in [-0.3, -0.25) is 4.79 Å². The van der Waals surface area contributed by atoms with Gasteiger partial charge in [0.15, 0.2) is 18.2 Å². The van der Waals surface area contributed by atoms with E-state index in [0.717, 1.165) is 15.6 Å². The molecule has 0 fully saturated rings. The van der Waals surface area contributed by atoms with Gasteiger partial charge in [0.05, 0.1) is 5.69 Å². The molecule has 4 rings (SSSR count). The van der Waals surface area contributed by atoms with E-state index in [1.165, 1.54) is 28.9 Å². The number of hydrogen-bond donors (Lipinski definition) is 0. The maximum absolute atomic E-state index is 13.4. The van der Waals surface area contributed by atoms with Crippen molar-refractivity contribution in [2.45, 2.75) is 6.92 Å². The van der Waals surface area contributed by atoms with Gasteiger partial charge in [-0.1, -0.05) is 57.9 Å². The number of aromatic nitrogens is 3. The van der Waals surface area contributed by atoms with Gasteiger partial charge in [-0.05, 0) is 43.3 Å². The Bertz CT molecular complexity index is 1200. The Hall–Kier alpha value is -3.65. The molecule has 0 radical (unpaired) electrons. The molecular formula is C24H17BrFN3O3. The summed E-state index contributed by atoms with van der Waals surface area (Å²) >= 11 is 3.31. The Balaban J connectivity index is 1.60. The Morgan fingerprint density at radius 3 is 2.28 bits per heavy atom. The largest absolute Gasteiger partial charge is 0.451 e. The first-order valence-corrected chi connectivity index (χ1v) is 10.5. The molecule has 0 bridgehead atoms. The molecule has 0 spiro atoms. The fraction of sp³-hybridized carbons (Fsp3) is 0.0833. The van der Waals surface area contributed by atoms with Gasteiger partial charge in [-0.15, -0.1) is 5.10 Å². The van der Waals surface area contributed by atoms with Crippen LogP contribution in [0.15, 0.2) is 77.3 Å². The highest BCUT2D eigenvalue weighted by atomic mass is 79.9. The van der Waals surface area contributed by atoms with E-state index < -0.39 is 18.4 Å². The minimum atomic E-state index is -0.829. The van der Waals surface area contributed by atoms with Crippen LogP contribution in [0.1, 0.15) is 26.5 Å². The van der Waals surface area contributed by atoms with Gasteiger partial charge in [0.1, 0.15) is 5.82 Å². The van der Waals surface area contributed by atoms with E-state index in [2.05, 4.69) is 26.0 Å². The van der Waals surface area contributed by atoms with E-state index in [9.17, 15) is 14.0 Å². The number of ketones is 1. The summed E-state index contributed by atoms with van der Waals surface area (Å²) in [6.07, 6.45) is 0. The van der Waals surface area contributed by atoms with E-state index >= 15 is 0 Å². The average molecular weight is 494 g/mol. The van der Waals surface area contributed by atoms with Gasteiger partial charge in [-0.2, -0.15) is 0 Å². The standard InChI is InChI=1S/C24H17BrFN3O3/c1-15-2-4-17(5-3-15)23-27-22(28-29(23)20-12-10-19(26)11-13-20)24(31)32-14-21(30)16-6-8-18(25)9-7-16/h2-13H,14H2,1H3. The number of hydrogen-bond acceptors (Lipinski definition) is 5. The summed E-state index contributed by atoms with van der Waals surface area (Å²) in [5, 5.41) is 4.26. The highest BCUT2D eigenvalue weighted by Crippen LogP contribution is 2.22. The lowest BCUT2D eigenvalue weighted by Crippen LogP contribution is -2.15. The topological polar surface area (TPSA) is 74.1 Å². The third kappa shape index (κ3) is 4.81. The van der Waals surface area contributed by atoms with Crippen molar-refractivity contribution in [3.05, 3.63) is 100 Å². The fourth-order valence-electron chi connectivity index (χ4n) is 2.97. The van der Waals surface area contributed by atoms with Gasteiger partial charge in [0.25, 0.3) is 5.82 Å². The summed E-state index contributed by atoms with van der Waals surface area (Å²) in [4.78, 5) is 29.2. The van der Waals surface area contributed by atoms with E-state index in [-0.39, 0.29) is 11.6 Å². The quantitative estimate of drug-likeness (QED) is 0.273. The second kappa shape index (κ2) is 9.23. The average Bonchev–Trinajstić information content (AvgIpc) is 3.24. The lowest BCUT2D eigenvalue weighted by molar-refractivity contribution is 0.0462. The van der Waals surface area contributed by atoms with Crippen molar-refractivity contribution >= 4 is 27.7 Å². The van der Waals surface area contributed by atoms with Crippen LogP contribution in [0.25, 0.3) is 17.1 Å². The maximum Gasteiger partial charge on any atom is 0.378 e. The highest BCUT2D eigenvalue weighted by molar-refractivity contribution is 9.10. The normalized spacial score (nSPS) is 10.7. The number of nitrogens with zero attached hydrogens (tertiary/aromatic N) is 3. The smallest absolute Gasteiger partial charge is 0.378 e. The first kappa shape index (κ1) is 21.6. The summed E-state index contributed by atoms with van der Waals surface area (Å²) < 4.78 is 20.8. The number of carbonyl (C=O) groups excluding carboxylic acids is 2. The number of esters is 1. The summed E-state index contributed by atoms with van der Waals surface area (Å²) in [5.74, 6) is -1.37. The van der Waals surface area contributed by atoms with E-state index in [1.807, 2.05) is 31.2 Å². The minimum absolute atomic E-state index is 0.200. The van der Waals surface area contributed by atoms with Crippen LogP contribution in [-0.2, 0) is 4.74 Å². The van der Waals surface area contributed by atoms with E-state index in [1.54, 1.807) is 24.3 Å². The highest BCUT2D eigenvalue weighted by Gasteiger charge is 2.21. The zero-order chi connectivity index (χ0) is 22.7. The summed E-state index contributed by atoms with van der Waals surface area (Å²) in [6.45, 7) is 1.52. The van der Waals surface area contributed by atoms with Crippen LogP contribution >= 0.6 is 15.9 Å². The van der Waals surface area contributed by atoms with Crippen LogP contribution in [0.2, 0.25) is 0 Å². The first-order chi connectivity index (χ1) is 15.4. The molecule has 32 heavy (non-hydrogen) atoms. The van der Waals surface area contributed by atoms with E-state index in [4.69, 9.17) is 4.74 Å². The molecule has 0 saturated carbocycles. The third-order valence-corrected chi connectivity index (χ3v) is 5.20. The molecule has 1 aromatic heterocycles. The minimum Gasteiger partial charge on any atom is -0.451 e. The van der Waals surface area contributed by atoms with Crippen LogP contribution in [-0.4, -0.2) is 33.1 Å². The molecule has 0 aliphatic heterocycles. The van der Waals surface area contributed by atoms with Gasteiger partial charge in [0.2, 0.25) is 0 Å². The second-order valence-corrected chi connectivity index (χ2v) is 7.94. The molecule has 0 atom stereocenters. The zero-order valence-electron chi connectivity index (χ0n) is 17.0. The summed E-state index contributed by atoms with van der Waals surface area (Å²) in [6, 6.07) is 19.9. The van der Waals surface area contributed by atoms with Crippen LogP contribution in [0.5, 0.6) is 0 Å². The second-order valence-electron chi connectivity index (χ2n) is 7.02. The third-order valence-electron chi connectivity index (χ3n) is 4.67. The van der Waals surface area contributed by atoms with Crippen LogP contribution in [0.4, 0.5) is 4.39 Å². The molecule has 0 aliphatic rings. The fourth-order valence-corrected chi connectivity index (χ4v) is 3.23. The Kier molecular flexibility index (Phi) is 6.23. The van der Waals surface area contributed by atoms with Crippen molar-refractivity contribution in [2.24, 2.45) is 0 Å². The maximum atomic E-state index is 13.4. The van der Waals surface area contributed by atoms with Crippen molar-refractivity contribution < 1.29 is 18.7 Å². The molecule has 0 saturated heterocycles. The molecule has 3 aromatic carbocycles. The Morgan fingerprint density at radius 1 is 0.969 bits per heavy atom. The Morgan fingerprint density at radius 2 is 1.62 bits per heavy atom. The van der Waals surface area contributed by atoms with Gasteiger partial charge < -0.3 is 4.74 Å². The van der Waals surface area contributed by atoms with Crippen LogP contribution in [0, 0.1) is 12.7 Å². The van der Waals surface area contributed by atoms with Gasteiger partial charge in [0, 0.05) is 15.6 Å². The van der Waals surface area contributed by atoms with Gasteiger partial charge >= 0.3 is 5.97 Å².